The average molecular weight is 693 g/mol. The van der Waals surface area contributed by atoms with Gasteiger partial charge in [-0.15, -0.1) is 0 Å². The van der Waals surface area contributed by atoms with Gasteiger partial charge in [0.25, 0.3) is 0 Å². The first-order chi connectivity index (χ1) is 26.6. The Balaban J connectivity index is 0.000000142. The standard InChI is InChI=1S/2C25H18N2/c1-17-15-21-12-13-23(27-24(21)25-22(17)11-6-14-26-25)20-10-5-9-19(16-20)18-7-3-2-4-8-18;1-17-16-21-13-14-23(27-24(21)25-22(17)8-5-15-26-25)20-11-9-19(10-12-20)18-6-3-2-4-7-18/h2*2-16H,1H3. The molecule has 54 heavy (non-hydrogen) atoms. The Hall–Kier alpha value is -7.04. The molecule has 0 amide bonds. The molecule has 0 N–H and O–H groups in total. The number of aromatic nitrogens is 4. The lowest BCUT2D eigenvalue weighted by atomic mass is 10.0. The molecule has 0 aliphatic heterocycles. The molecule has 256 valence electrons. The van der Waals surface area contributed by atoms with Crippen LogP contribution < -0.4 is 0 Å². The fraction of sp³-hybridized carbons (Fsp3) is 0.0400. The number of benzene rings is 6. The van der Waals surface area contributed by atoms with Gasteiger partial charge in [0.05, 0.1) is 33.5 Å². The monoisotopic (exact) mass is 692 g/mol. The molecule has 0 bridgehead atoms. The van der Waals surface area contributed by atoms with Crippen LogP contribution in [0.15, 0.2) is 182 Å². The van der Waals surface area contributed by atoms with Crippen molar-refractivity contribution in [3.05, 3.63) is 193 Å². The second-order valence-electron chi connectivity index (χ2n) is 13.6. The Morgan fingerprint density at radius 1 is 0.315 bits per heavy atom. The lowest BCUT2D eigenvalue weighted by Crippen LogP contribution is -1.91. The Labute approximate surface area is 314 Å². The first-order valence-electron chi connectivity index (χ1n) is 18.2. The average Bonchev–Trinajstić information content (AvgIpc) is 3.25. The van der Waals surface area contributed by atoms with Crippen molar-refractivity contribution >= 4 is 43.6 Å². The van der Waals surface area contributed by atoms with Crippen molar-refractivity contribution in [2.24, 2.45) is 0 Å². The summed E-state index contributed by atoms with van der Waals surface area (Å²) in [6.45, 7) is 4.25. The predicted molar refractivity (Wildman–Crippen MR) is 225 cm³/mol. The molecule has 0 aliphatic carbocycles. The molecule has 4 aromatic heterocycles. The quantitative estimate of drug-likeness (QED) is 0.172. The van der Waals surface area contributed by atoms with Gasteiger partial charge in [0.15, 0.2) is 0 Å². The van der Waals surface area contributed by atoms with E-state index in [2.05, 4.69) is 169 Å². The van der Waals surface area contributed by atoms with E-state index in [4.69, 9.17) is 9.97 Å². The highest BCUT2D eigenvalue weighted by molar-refractivity contribution is 6.06. The zero-order valence-electron chi connectivity index (χ0n) is 30.1. The molecule has 0 spiro atoms. The second-order valence-corrected chi connectivity index (χ2v) is 13.6. The minimum absolute atomic E-state index is 0.957. The summed E-state index contributed by atoms with van der Waals surface area (Å²) in [5.74, 6) is 0. The summed E-state index contributed by atoms with van der Waals surface area (Å²) < 4.78 is 0. The van der Waals surface area contributed by atoms with Gasteiger partial charge >= 0.3 is 0 Å². The Morgan fingerprint density at radius 3 is 1.31 bits per heavy atom. The third-order valence-electron chi connectivity index (χ3n) is 10.1. The van der Waals surface area contributed by atoms with E-state index in [1.165, 1.54) is 33.4 Å². The van der Waals surface area contributed by atoms with Crippen LogP contribution in [0.4, 0.5) is 0 Å². The molecule has 0 saturated heterocycles. The topological polar surface area (TPSA) is 51.6 Å². The maximum absolute atomic E-state index is 4.99. The van der Waals surface area contributed by atoms with Crippen LogP contribution in [0, 0.1) is 13.8 Å². The largest absolute Gasteiger partial charge is 0.254 e. The van der Waals surface area contributed by atoms with Gasteiger partial charge in [-0.2, -0.15) is 0 Å². The number of aryl methyl sites for hydroxylation is 2. The molecular formula is C50H36N4. The maximum atomic E-state index is 4.99. The molecule has 6 aromatic carbocycles. The Kier molecular flexibility index (Phi) is 8.62. The fourth-order valence-corrected chi connectivity index (χ4v) is 7.27. The summed E-state index contributed by atoms with van der Waals surface area (Å²) in [7, 11) is 0. The number of hydrogen-bond acceptors (Lipinski definition) is 4. The zero-order chi connectivity index (χ0) is 36.4. The molecular weight excluding hydrogens is 657 g/mol. The van der Waals surface area contributed by atoms with Crippen LogP contribution in [0.5, 0.6) is 0 Å². The van der Waals surface area contributed by atoms with Crippen LogP contribution in [-0.2, 0) is 0 Å². The lowest BCUT2D eigenvalue weighted by Gasteiger charge is -2.09. The van der Waals surface area contributed by atoms with Crippen molar-refractivity contribution in [3.63, 3.8) is 0 Å². The van der Waals surface area contributed by atoms with E-state index in [1.54, 1.807) is 0 Å². The van der Waals surface area contributed by atoms with Crippen LogP contribution in [-0.4, -0.2) is 19.9 Å². The lowest BCUT2D eigenvalue weighted by molar-refractivity contribution is 1.36. The van der Waals surface area contributed by atoms with E-state index < -0.39 is 0 Å². The van der Waals surface area contributed by atoms with Gasteiger partial charge in [-0.1, -0.05) is 127 Å². The van der Waals surface area contributed by atoms with Crippen LogP contribution in [0.25, 0.3) is 88.4 Å². The van der Waals surface area contributed by atoms with E-state index >= 15 is 0 Å². The van der Waals surface area contributed by atoms with Crippen molar-refractivity contribution in [2.45, 2.75) is 13.8 Å². The van der Waals surface area contributed by atoms with Gasteiger partial charge in [0.2, 0.25) is 0 Å². The number of nitrogens with zero attached hydrogens (tertiary/aromatic N) is 4. The van der Waals surface area contributed by atoms with Crippen LogP contribution in [0.3, 0.4) is 0 Å². The molecule has 0 saturated carbocycles. The number of hydrogen-bond donors (Lipinski definition) is 0. The minimum atomic E-state index is 0.957. The Bertz CT molecular complexity index is 2940. The normalized spacial score (nSPS) is 11.1. The Morgan fingerprint density at radius 2 is 0.759 bits per heavy atom. The smallest absolute Gasteiger partial charge is 0.0972 e. The number of rotatable bonds is 4. The van der Waals surface area contributed by atoms with Crippen molar-refractivity contribution in [1.82, 2.24) is 19.9 Å². The predicted octanol–water partition coefficient (Wildman–Crippen LogP) is 12.9. The molecule has 0 fully saturated rings. The van der Waals surface area contributed by atoms with Gasteiger partial charge < -0.3 is 0 Å². The first-order valence-corrected chi connectivity index (χ1v) is 18.2. The minimum Gasteiger partial charge on any atom is -0.254 e. The maximum Gasteiger partial charge on any atom is 0.0972 e. The van der Waals surface area contributed by atoms with Crippen molar-refractivity contribution in [3.8, 4) is 44.8 Å². The van der Waals surface area contributed by atoms with Crippen LogP contribution in [0.1, 0.15) is 11.1 Å². The van der Waals surface area contributed by atoms with Gasteiger partial charge in [0, 0.05) is 45.1 Å². The molecule has 0 aliphatic rings. The summed E-state index contributed by atoms with van der Waals surface area (Å²) >= 11 is 0. The van der Waals surface area contributed by atoms with Crippen LogP contribution in [0.2, 0.25) is 0 Å². The third kappa shape index (κ3) is 6.35. The molecule has 0 unspecified atom stereocenters. The van der Waals surface area contributed by atoms with E-state index in [1.807, 2.05) is 36.7 Å². The van der Waals surface area contributed by atoms with Crippen LogP contribution >= 0.6 is 0 Å². The molecule has 4 heterocycles. The van der Waals surface area contributed by atoms with E-state index in [9.17, 15) is 0 Å². The van der Waals surface area contributed by atoms with E-state index in [-0.39, 0.29) is 0 Å². The highest BCUT2D eigenvalue weighted by Crippen LogP contribution is 2.32. The molecule has 0 radical (unpaired) electrons. The van der Waals surface area contributed by atoms with Crippen molar-refractivity contribution in [1.29, 1.82) is 0 Å². The summed E-state index contributed by atoms with van der Waals surface area (Å²) in [4.78, 5) is 19.1. The SMILES string of the molecule is Cc1cc2ccc(-c3ccc(-c4ccccc4)cc3)nc2c2ncccc12.Cc1cc2ccc(-c3cccc(-c4ccccc4)c3)nc2c2ncccc12. The van der Waals surface area contributed by atoms with Crippen molar-refractivity contribution < 1.29 is 0 Å². The molecule has 10 aromatic rings. The van der Waals surface area contributed by atoms with Gasteiger partial charge in [0.1, 0.15) is 0 Å². The fourth-order valence-electron chi connectivity index (χ4n) is 7.27. The van der Waals surface area contributed by atoms with E-state index in [0.717, 1.165) is 66.1 Å². The second kappa shape index (κ2) is 14.2. The first kappa shape index (κ1) is 32.8. The third-order valence-corrected chi connectivity index (χ3v) is 10.1. The summed E-state index contributed by atoms with van der Waals surface area (Å²) in [5, 5.41) is 4.58. The van der Waals surface area contributed by atoms with Gasteiger partial charge in [-0.25, -0.2) is 9.97 Å². The summed E-state index contributed by atoms with van der Waals surface area (Å²) in [6, 6.07) is 59.0. The molecule has 4 heteroatoms. The highest BCUT2D eigenvalue weighted by atomic mass is 14.8. The molecule has 10 rings (SSSR count). The number of fused-ring (bicyclic) bond motifs is 6. The van der Waals surface area contributed by atoms with Gasteiger partial charge in [-0.05, 0) is 89.7 Å². The van der Waals surface area contributed by atoms with Crippen molar-refractivity contribution in [2.75, 3.05) is 0 Å². The van der Waals surface area contributed by atoms with E-state index in [0.29, 0.717) is 0 Å². The molecule has 4 nitrogen and oxygen atoms in total. The summed E-state index contributed by atoms with van der Waals surface area (Å²) in [6.07, 6.45) is 3.68. The number of pyridine rings is 4. The summed E-state index contributed by atoms with van der Waals surface area (Å²) in [5.41, 5.74) is 15.3. The highest BCUT2D eigenvalue weighted by Gasteiger charge is 2.11. The van der Waals surface area contributed by atoms with Gasteiger partial charge in [-0.3, -0.25) is 9.97 Å². The zero-order valence-corrected chi connectivity index (χ0v) is 30.1. The molecule has 0 atom stereocenters.